The summed E-state index contributed by atoms with van der Waals surface area (Å²) in [6, 6.07) is 10.1. The van der Waals surface area contributed by atoms with Gasteiger partial charge in [-0.3, -0.25) is 0 Å². The van der Waals surface area contributed by atoms with Crippen LogP contribution >= 0.6 is 0 Å². The van der Waals surface area contributed by atoms with E-state index in [4.69, 9.17) is 10.9 Å². The minimum absolute atomic E-state index is 0.199. The minimum atomic E-state index is -0.499. The number of hydrogen-bond acceptors (Lipinski definition) is 3. The lowest BCUT2D eigenvalue weighted by molar-refractivity contribution is 0.318. The number of nitrogens with zero attached hydrogens (tertiary/aromatic N) is 1. The van der Waals surface area contributed by atoms with Gasteiger partial charge in [-0.2, -0.15) is 0 Å². The van der Waals surface area contributed by atoms with Crippen LogP contribution in [0.15, 0.2) is 47.6 Å². The van der Waals surface area contributed by atoms with E-state index in [1.807, 2.05) is 0 Å². The third kappa shape index (κ3) is 3.03. The lowest BCUT2D eigenvalue weighted by Gasteiger charge is -2.11. The first-order valence-corrected chi connectivity index (χ1v) is 5.86. The molecule has 4 nitrogen and oxygen atoms in total. The first-order valence-electron chi connectivity index (χ1n) is 5.86. The van der Waals surface area contributed by atoms with Crippen LogP contribution in [0.1, 0.15) is 11.1 Å². The number of halogens is 2. The molecule has 0 heterocycles. The van der Waals surface area contributed by atoms with E-state index in [1.54, 1.807) is 18.2 Å². The standard InChI is InChI=1S/C14H13F2N3O/c15-10-6-5-9(11(7-10)14(17)19-20)8-18-13-4-2-1-3-12(13)16/h1-7,18,20H,8H2,(H2,17,19). The summed E-state index contributed by atoms with van der Waals surface area (Å²) in [6.45, 7) is 0.215. The van der Waals surface area contributed by atoms with Crippen LogP contribution in [0.2, 0.25) is 0 Å². The van der Waals surface area contributed by atoms with Gasteiger partial charge in [0.15, 0.2) is 5.84 Å². The van der Waals surface area contributed by atoms with Gasteiger partial charge in [0.05, 0.1) is 5.69 Å². The van der Waals surface area contributed by atoms with E-state index in [-0.39, 0.29) is 23.8 Å². The van der Waals surface area contributed by atoms with Crippen LogP contribution < -0.4 is 11.1 Å². The smallest absolute Gasteiger partial charge is 0.170 e. The summed E-state index contributed by atoms with van der Waals surface area (Å²) in [5, 5.41) is 14.4. The van der Waals surface area contributed by atoms with Crippen molar-refractivity contribution in [2.45, 2.75) is 6.54 Å². The van der Waals surface area contributed by atoms with Crippen LogP contribution in [0.3, 0.4) is 0 Å². The largest absolute Gasteiger partial charge is 0.409 e. The molecule has 0 fully saturated rings. The van der Waals surface area contributed by atoms with Gasteiger partial charge in [0, 0.05) is 12.1 Å². The van der Waals surface area contributed by atoms with E-state index in [0.29, 0.717) is 11.3 Å². The summed E-state index contributed by atoms with van der Waals surface area (Å²) >= 11 is 0. The van der Waals surface area contributed by atoms with E-state index in [0.717, 1.165) is 6.07 Å². The van der Waals surface area contributed by atoms with Crippen molar-refractivity contribution in [2.24, 2.45) is 10.9 Å². The van der Waals surface area contributed by atoms with E-state index < -0.39 is 5.82 Å². The molecular weight excluding hydrogens is 264 g/mol. The average molecular weight is 277 g/mol. The molecule has 0 aliphatic carbocycles. The Morgan fingerprint density at radius 3 is 2.65 bits per heavy atom. The average Bonchev–Trinajstić information content (AvgIpc) is 2.46. The van der Waals surface area contributed by atoms with Crippen LogP contribution in [0.25, 0.3) is 0 Å². The topological polar surface area (TPSA) is 70.6 Å². The molecule has 0 radical (unpaired) electrons. The van der Waals surface area contributed by atoms with Crippen molar-refractivity contribution in [1.29, 1.82) is 0 Å². The van der Waals surface area contributed by atoms with Crippen LogP contribution in [0.4, 0.5) is 14.5 Å². The fourth-order valence-corrected chi connectivity index (χ4v) is 1.79. The van der Waals surface area contributed by atoms with Crippen LogP contribution in [-0.2, 0) is 6.54 Å². The highest BCUT2D eigenvalue weighted by molar-refractivity contribution is 5.98. The second-order valence-corrected chi connectivity index (χ2v) is 4.12. The zero-order valence-corrected chi connectivity index (χ0v) is 10.5. The molecule has 2 aromatic rings. The summed E-state index contributed by atoms with van der Waals surface area (Å²) in [7, 11) is 0. The Kier molecular flexibility index (Phi) is 4.14. The van der Waals surface area contributed by atoms with Gasteiger partial charge in [-0.05, 0) is 29.8 Å². The van der Waals surface area contributed by atoms with Gasteiger partial charge < -0.3 is 16.3 Å². The number of hydrogen-bond donors (Lipinski definition) is 3. The third-order valence-electron chi connectivity index (χ3n) is 2.80. The van der Waals surface area contributed by atoms with E-state index >= 15 is 0 Å². The maximum Gasteiger partial charge on any atom is 0.170 e. The Labute approximate surface area is 114 Å². The Bertz CT molecular complexity index is 644. The molecule has 0 amide bonds. The maximum absolute atomic E-state index is 13.5. The van der Waals surface area contributed by atoms with Crippen molar-refractivity contribution >= 4 is 11.5 Å². The zero-order valence-electron chi connectivity index (χ0n) is 10.5. The number of amidine groups is 1. The molecule has 2 aromatic carbocycles. The van der Waals surface area contributed by atoms with E-state index in [1.165, 1.54) is 18.2 Å². The summed E-state index contributed by atoms with van der Waals surface area (Å²) in [5.74, 6) is -1.09. The summed E-state index contributed by atoms with van der Waals surface area (Å²) < 4.78 is 26.7. The SMILES string of the molecule is NC(=NO)c1cc(F)ccc1CNc1ccccc1F. The number of benzene rings is 2. The molecular formula is C14H13F2N3O. The Morgan fingerprint density at radius 1 is 1.20 bits per heavy atom. The predicted molar refractivity (Wildman–Crippen MR) is 72.6 cm³/mol. The first kappa shape index (κ1) is 13.8. The van der Waals surface area contributed by atoms with Crippen molar-refractivity contribution < 1.29 is 14.0 Å². The molecule has 0 spiro atoms. The zero-order chi connectivity index (χ0) is 14.5. The van der Waals surface area contributed by atoms with Gasteiger partial charge in [-0.1, -0.05) is 23.4 Å². The molecule has 6 heteroatoms. The molecule has 0 aromatic heterocycles. The van der Waals surface area contributed by atoms with Crippen LogP contribution in [0.5, 0.6) is 0 Å². The van der Waals surface area contributed by atoms with Gasteiger partial charge in [0.2, 0.25) is 0 Å². The normalized spacial score (nSPS) is 11.4. The maximum atomic E-state index is 13.5. The van der Waals surface area contributed by atoms with Crippen molar-refractivity contribution in [3.8, 4) is 0 Å². The van der Waals surface area contributed by atoms with Crippen LogP contribution in [-0.4, -0.2) is 11.0 Å². The minimum Gasteiger partial charge on any atom is -0.409 e. The first-order chi connectivity index (χ1) is 9.61. The van der Waals surface area contributed by atoms with Crippen molar-refractivity contribution in [1.82, 2.24) is 0 Å². The molecule has 0 bridgehead atoms. The van der Waals surface area contributed by atoms with Crippen molar-refractivity contribution in [3.05, 3.63) is 65.2 Å². The van der Waals surface area contributed by atoms with Crippen LogP contribution in [0, 0.1) is 11.6 Å². The lowest BCUT2D eigenvalue weighted by Crippen LogP contribution is -2.17. The third-order valence-corrected chi connectivity index (χ3v) is 2.80. The Hall–Kier alpha value is -2.63. The molecule has 0 saturated carbocycles. The molecule has 104 valence electrons. The lowest BCUT2D eigenvalue weighted by atomic mass is 10.1. The Morgan fingerprint density at radius 2 is 1.95 bits per heavy atom. The molecule has 2 rings (SSSR count). The van der Waals surface area contributed by atoms with E-state index in [2.05, 4.69) is 10.5 Å². The number of anilines is 1. The molecule has 0 unspecified atom stereocenters. The number of nitrogens with two attached hydrogens (primary N) is 1. The second kappa shape index (κ2) is 6.01. The molecule has 0 aliphatic rings. The van der Waals surface area contributed by atoms with Gasteiger partial charge in [-0.25, -0.2) is 8.78 Å². The quantitative estimate of drug-likeness (QED) is 0.348. The van der Waals surface area contributed by atoms with Crippen molar-refractivity contribution in [2.75, 3.05) is 5.32 Å². The molecule has 0 saturated heterocycles. The molecule has 0 aliphatic heterocycles. The highest BCUT2D eigenvalue weighted by Gasteiger charge is 2.09. The fourth-order valence-electron chi connectivity index (χ4n) is 1.79. The fraction of sp³-hybridized carbons (Fsp3) is 0.0714. The molecule has 0 atom stereocenters. The summed E-state index contributed by atoms with van der Waals surface area (Å²) in [5.41, 5.74) is 6.66. The van der Waals surface area contributed by atoms with Gasteiger partial charge in [0.25, 0.3) is 0 Å². The van der Waals surface area contributed by atoms with Gasteiger partial charge >= 0.3 is 0 Å². The second-order valence-electron chi connectivity index (χ2n) is 4.12. The number of nitrogens with one attached hydrogen (secondary N) is 1. The Balaban J connectivity index is 2.24. The summed E-state index contributed by atoms with van der Waals surface area (Å²) in [4.78, 5) is 0. The molecule has 20 heavy (non-hydrogen) atoms. The van der Waals surface area contributed by atoms with E-state index in [9.17, 15) is 8.78 Å². The highest BCUT2D eigenvalue weighted by Crippen LogP contribution is 2.16. The van der Waals surface area contributed by atoms with Gasteiger partial charge in [0.1, 0.15) is 11.6 Å². The summed E-state index contributed by atoms with van der Waals surface area (Å²) in [6.07, 6.45) is 0. The van der Waals surface area contributed by atoms with Gasteiger partial charge in [-0.15, -0.1) is 0 Å². The predicted octanol–water partition coefficient (Wildman–Crippen LogP) is 2.67. The number of rotatable bonds is 4. The highest BCUT2D eigenvalue weighted by atomic mass is 19.1. The van der Waals surface area contributed by atoms with Crippen molar-refractivity contribution in [3.63, 3.8) is 0 Å². The molecule has 4 N–H and O–H groups in total. The monoisotopic (exact) mass is 277 g/mol. The number of para-hydroxylation sites is 1. The number of oxime groups is 1.